The Balaban J connectivity index is 1.51. The fourth-order valence-electron chi connectivity index (χ4n) is 3.26. The van der Waals surface area contributed by atoms with Gasteiger partial charge in [0.2, 0.25) is 0 Å². The van der Waals surface area contributed by atoms with E-state index < -0.39 is 0 Å². The summed E-state index contributed by atoms with van der Waals surface area (Å²) in [7, 11) is 0. The molecule has 0 bridgehead atoms. The number of hydrogen-bond acceptors (Lipinski definition) is 3. The minimum Gasteiger partial charge on any atom is -0.336 e. The lowest BCUT2D eigenvalue weighted by atomic mass is 9.97. The normalized spacial score (nSPS) is 31.4. The van der Waals surface area contributed by atoms with Crippen LogP contribution in [0.25, 0.3) is 0 Å². The molecule has 0 aliphatic carbocycles. The van der Waals surface area contributed by atoms with Crippen molar-refractivity contribution < 1.29 is 4.79 Å². The second kappa shape index (κ2) is 4.82. The number of carbonyl (C=O) groups is 1. The van der Waals surface area contributed by atoms with Crippen molar-refractivity contribution in [1.29, 1.82) is 0 Å². The number of rotatable bonds is 2. The van der Waals surface area contributed by atoms with Gasteiger partial charge in [0.25, 0.3) is 0 Å². The Morgan fingerprint density at radius 3 is 2.88 bits per heavy atom. The van der Waals surface area contributed by atoms with E-state index in [0.29, 0.717) is 6.04 Å². The average molecular weight is 238 g/mol. The van der Waals surface area contributed by atoms with Crippen LogP contribution in [0.15, 0.2) is 0 Å². The van der Waals surface area contributed by atoms with Crippen molar-refractivity contribution in [3.05, 3.63) is 0 Å². The third kappa shape index (κ3) is 2.40. The summed E-state index contributed by atoms with van der Waals surface area (Å²) in [5.74, 6) is 0.855. The first-order valence-corrected chi connectivity index (χ1v) is 6.80. The lowest BCUT2D eigenvalue weighted by molar-refractivity contribution is 0.103. The number of fused-ring (bicyclic) bond motifs is 1. The van der Waals surface area contributed by atoms with Gasteiger partial charge in [-0.25, -0.2) is 4.79 Å². The quantitative estimate of drug-likeness (QED) is 0.694. The highest BCUT2D eigenvalue weighted by atomic mass is 16.2. The summed E-state index contributed by atoms with van der Waals surface area (Å²) in [4.78, 5) is 16.0. The molecule has 2 amide bonds. The lowest BCUT2D eigenvalue weighted by Gasteiger charge is -2.38. The van der Waals surface area contributed by atoms with Crippen LogP contribution in [-0.2, 0) is 0 Å². The van der Waals surface area contributed by atoms with Gasteiger partial charge in [-0.2, -0.15) is 0 Å². The van der Waals surface area contributed by atoms with Gasteiger partial charge in [0, 0.05) is 32.7 Å². The topological polar surface area (TPSA) is 47.6 Å². The number of amides is 2. The predicted octanol–water partition coefficient (Wildman–Crippen LogP) is -0.305. The molecule has 0 aromatic rings. The molecule has 0 aromatic carbocycles. The molecule has 1 unspecified atom stereocenters. The van der Waals surface area contributed by atoms with Crippen molar-refractivity contribution in [3.63, 3.8) is 0 Å². The summed E-state index contributed by atoms with van der Waals surface area (Å²) in [6, 6.07) is 0.550. The molecule has 96 valence electrons. The molecule has 3 fully saturated rings. The molecule has 2 N–H and O–H groups in total. The SMILES string of the molecule is O=C1NCC2CN(CC3CCNCC3)CCN12. The van der Waals surface area contributed by atoms with E-state index >= 15 is 0 Å². The molecule has 0 radical (unpaired) electrons. The van der Waals surface area contributed by atoms with Gasteiger partial charge in [0.05, 0.1) is 6.04 Å². The summed E-state index contributed by atoms with van der Waals surface area (Å²) in [6.45, 7) is 7.42. The smallest absolute Gasteiger partial charge is 0.317 e. The number of piperidine rings is 1. The summed E-state index contributed by atoms with van der Waals surface area (Å²) in [5, 5.41) is 6.35. The van der Waals surface area contributed by atoms with Crippen molar-refractivity contribution in [3.8, 4) is 0 Å². The molecule has 17 heavy (non-hydrogen) atoms. The zero-order valence-corrected chi connectivity index (χ0v) is 10.3. The molecule has 3 rings (SSSR count). The minimum absolute atomic E-state index is 0.136. The molecule has 1 atom stereocenters. The summed E-state index contributed by atoms with van der Waals surface area (Å²) in [5.41, 5.74) is 0. The Hall–Kier alpha value is -0.810. The van der Waals surface area contributed by atoms with Crippen molar-refractivity contribution in [2.24, 2.45) is 5.92 Å². The maximum atomic E-state index is 11.5. The number of nitrogens with one attached hydrogen (secondary N) is 2. The summed E-state index contributed by atoms with van der Waals surface area (Å²) < 4.78 is 0. The molecule has 0 saturated carbocycles. The Kier molecular flexibility index (Phi) is 3.20. The number of urea groups is 1. The van der Waals surface area contributed by atoms with Crippen LogP contribution in [0, 0.1) is 5.92 Å². The van der Waals surface area contributed by atoms with E-state index in [1.165, 1.54) is 32.5 Å². The van der Waals surface area contributed by atoms with Crippen LogP contribution in [0.5, 0.6) is 0 Å². The van der Waals surface area contributed by atoms with E-state index in [-0.39, 0.29) is 6.03 Å². The fraction of sp³-hybridized carbons (Fsp3) is 0.917. The molecular formula is C12H22N4O. The van der Waals surface area contributed by atoms with Gasteiger partial charge in [0.15, 0.2) is 0 Å². The summed E-state index contributed by atoms with van der Waals surface area (Å²) in [6.07, 6.45) is 2.62. The van der Waals surface area contributed by atoms with Crippen molar-refractivity contribution in [1.82, 2.24) is 20.4 Å². The van der Waals surface area contributed by atoms with E-state index in [2.05, 4.69) is 15.5 Å². The van der Waals surface area contributed by atoms with Crippen LogP contribution in [0.4, 0.5) is 4.79 Å². The first kappa shape index (κ1) is 11.3. The Morgan fingerprint density at radius 1 is 1.24 bits per heavy atom. The van der Waals surface area contributed by atoms with Crippen molar-refractivity contribution >= 4 is 6.03 Å². The van der Waals surface area contributed by atoms with Crippen LogP contribution >= 0.6 is 0 Å². The Morgan fingerprint density at radius 2 is 2.06 bits per heavy atom. The van der Waals surface area contributed by atoms with Crippen LogP contribution in [-0.4, -0.2) is 67.7 Å². The van der Waals surface area contributed by atoms with Gasteiger partial charge in [-0.1, -0.05) is 0 Å². The third-order valence-electron chi connectivity index (χ3n) is 4.29. The van der Waals surface area contributed by atoms with Gasteiger partial charge in [-0.3, -0.25) is 4.90 Å². The second-order valence-electron chi connectivity index (χ2n) is 5.49. The van der Waals surface area contributed by atoms with E-state index in [9.17, 15) is 4.79 Å². The first-order chi connectivity index (χ1) is 8.33. The highest BCUT2D eigenvalue weighted by molar-refractivity contribution is 5.77. The molecule has 3 heterocycles. The van der Waals surface area contributed by atoms with Crippen molar-refractivity contribution in [2.45, 2.75) is 18.9 Å². The standard InChI is InChI=1S/C12H22N4O/c17-12-14-7-11-9-15(5-6-16(11)12)8-10-1-3-13-4-2-10/h10-11,13H,1-9H2,(H,14,17). The third-order valence-corrected chi connectivity index (χ3v) is 4.29. The fourth-order valence-corrected chi connectivity index (χ4v) is 3.26. The van der Waals surface area contributed by atoms with Gasteiger partial charge in [-0.15, -0.1) is 0 Å². The zero-order valence-electron chi connectivity index (χ0n) is 10.3. The van der Waals surface area contributed by atoms with Crippen molar-refractivity contribution in [2.75, 3.05) is 45.8 Å². The molecule has 3 aliphatic rings. The molecular weight excluding hydrogens is 216 g/mol. The van der Waals surface area contributed by atoms with E-state index in [4.69, 9.17) is 0 Å². The zero-order chi connectivity index (χ0) is 11.7. The van der Waals surface area contributed by atoms with Gasteiger partial charge < -0.3 is 15.5 Å². The first-order valence-electron chi connectivity index (χ1n) is 6.80. The molecule has 5 heteroatoms. The van der Waals surface area contributed by atoms with E-state index in [0.717, 1.165) is 32.1 Å². The lowest BCUT2D eigenvalue weighted by Crippen LogP contribution is -2.53. The molecule has 0 spiro atoms. The second-order valence-corrected chi connectivity index (χ2v) is 5.49. The largest absolute Gasteiger partial charge is 0.336 e. The number of carbonyl (C=O) groups excluding carboxylic acids is 1. The van der Waals surface area contributed by atoms with Crippen LogP contribution in [0.2, 0.25) is 0 Å². The monoisotopic (exact) mass is 238 g/mol. The Bertz CT molecular complexity index is 290. The summed E-state index contributed by atoms with van der Waals surface area (Å²) >= 11 is 0. The maximum absolute atomic E-state index is 11.5. The number of nitrogens with zero attached hydrogens (tertiary/aromatic N) is 2. The molecule has 0 aromatic heterocycles. The van der Waals surface area contributed by atoms with Gasteiger partial charge in [-0.05, 0) is 31.8 Å². The highest BCUT2D eigenvalue weighted by Gasteiger charge is 2.35. The van der Waals surface area contributed by atoms with E-state index in [1.54, 1.807) is 0 Å². The Labute approximate surface area is 103 Å². The molecule has 3 saturated heterocycles. The van der Waals surface area contributed by atoms with Crippen LogP contribution in [0.1, 0.15) is 12.8 Å². The average Bonchev–Trinajstić information content (AvgIpc) is 2.72. The van der Waals surface area contributed by atoms with Crippen LogP contribution in [0.3, 0.4) is 0 Å². The van der Waals surface area contributed by atoms with Gasteiger partial charge >= 0.3 is 6.03 Å². The van der Waals surface area contributed by atoms with E-state index in [1.807, 2.05) is 4.90 Å². The maximum Gasteiger partial charge on any atom is 0.317 e. The van der Waals surface area contributed by atoms with Crippen LogP contribution < -0.4 is 10.6 Å². The minimum atomic E-state index is 0.136. The highest BCUT2D eigenvalue weighted by Crippen LogP contribution is 2.18. The number of piperazine rings is 1. The molecule has 5 nitrogen and oxygen atoms in total. The predicted molar refractivity (Wildman–Crippen MR) is 65.9 cm³/mol. The number of hydrogen-bond donors (Lipinski definition) is 2. The van der Waals surface area contributed by atoms with Gasteiger partial charge in [0.1, 0.15) is 0 Å². The molecule has 3 aliphatic heterocycles.